The predicted molar refractivity (Wildman–Crippen MR) is 188 cm³/mol. The highest BCUT2D eigenvalue weighted by Crippen LogP contribution is 2.59. The van der Waals surface area contributed by atoms with Gasteiger partial charge in [-0.25, -0.2) is 4.98 Å². The second-order valence-electron chi connectivity index (χ2n) is 15.3. The molecule has 5 aliphatic rings. The van der Waals surface area contributed by atoms with E-state index >= 15 is 0 Å². The Morgan fingerprint density at radius 2 is 1.57 bits per heavy atom. The van der Waals surface area contributed by atoms with Crippen LogP contribution in [0.4, 0.5) is 17.3 Å². The molecule has 1 saturated heterocycles. The number of hydrogen-bond acceptors (Lipinski definition) is 6. The average Bonchev–Trinajstić information content (AvgIpc) is 3.01. The number of nitrogens with one attached hydrogen (secondary N) is 1. The van der Waals surface area contributed by atoms with Crippen LogP contribution in [-0.4, -0.2) is 52.7 Å². The van der Waals surface area contributed by atoms with E-state index in [4.69, 9.17) is 9.97 Å². The topological polar surface area (TPSA) is 66.3 Å². The number of fused-ring (bicyclic) bond motifs is 1. The molecular weight excluding hydrogens is 568 g/mol. The summed E-state index contributed by atoms with van der Waals surface area (Å²) in [5.74, 6) is 2.69. The lowest BCUT2D eigenvalue weighted by Crippen LogP contribution is -2.55. The first-order valence-corrected chi connectivity index (χ1v) is 17.5. The van der Waals surface area contributed by atoms with E-state index in [2.05, 4.69) is 90.9 Å². The van der Waals surface area contributed by atoms with Gasteiger partial charge in [-0.3, -0.25) is 9.36 Å². The lowest BCUT2D eigenvalue weighted by Gasteiger charge is -2.57. The Kier molecular flexibility index (Phi) is 7.24. The molecule has 0 unspecified atom stereocenters. The first-order chi connectivity index (χ1) is 22.2. The van der Waals surface area contributed by atoms with Crippen LogP contribution in [0.3, 0.4) is 0 Å². The van der Waals surface area contributed by atoms with Crippen LogP contribution in [0.15, 0.2) is 53.5 Å². The number of hydrogen-bond donors (Lipinski definition) is 1. The van der Waals surface area contributed by atoms with Gasteiger partial charge in [-0.2, -0.15) is 4.98 Å². The van der Waals surface area contributed by atoms with Crippen LogP contribution in [0.2, 0.25) is 0 Å². The minimum Gasteiger partial charge on any atom is -0.371 e. The van der Waals surface area contributed by atoms with Crippen molar-refractivity contribution in [1.29, 1.82) is 0 Å². The van der Waals surface area contributed by atoms with Gasteiger partial charge in [-0.1, -0.05) is 24.3 Å². The number of aryl methyl sites for hydroxylation is 3. The first-order valence-electron chi connectivity index (χ1n) is 17.5. The van der Waals surface area contributed by atoms with Gasteiger partial charge in [0.1, 0.15) is 5.65 Å². The zero-order valence-electron chi connectivity index (χ0n) is 28.1. The fraction of sp³-hybridized carbons (Fsp3) is 0.513. The summed E-state index contributed by atoms with van der Waals surface area (Å²) in [5, 5.41) is 4.50. The third-order valence-corrected chi connectivity index (χ3v) is 12.1. The Labute approximate surface area is 273 Å². The van der Waals surface area contributed by atoms with Crippen molar-refractivity contribution in [1.82, 2.24) is 19.4 Å². The highest BCUT2D eigenvalue weighted by atomic mass is 16.1. The average molecular weight is 617 g/mol. The molecule has 2 aromatic heterocycles. The number of rotatable bonds is 6. The van der Waals surface area contributed by atoms with Gasteiger partial charge in [0.25, 0.3) is 5.56 Å². The number of piperidine rings is 1. The van der Waals surface area contributed by atoms with Crippen molar-refractivity contribution in [2.45, 2.75) is 83.7 Å². The highest BCUT2D eigenvalue weighted by Gasteiger charge is 2.53. The molecule has 7 heteroatoms. The molecule has 4 aliphatic carbocycles. The Balaban J connectivity index is 1.19. The van der Waals surface area contributed by atoms with Crippen LogP contribution in [-0.2, 0) is 5.54 Å². The molecule has 7 nitrogen and oxygen atoms in total. The zero-order chi connectivity index (χ0) is 31.7. The lowest BCUT2D eigenvalue weighted by atomic mass is 9.53. The van der Waals surface area contributed by atoms with E-state index in [9.17, 15) is 4.79 Å². The first kappa shape index (κ1) is 29.7. The van der Waals surface area contributed by atoms with Gasteiger partial charge >= 0.3 is 0 Å². The molecule has 4 bridgehead atoms. The Bertz CT molecular complexity index is 1830. The van der Waals surface area contributed by atoms with Gasteiger partial charge in [-0.15, -0.1) is 0 Å². The standard InChI is InChI=1S/C39H48N6O/c1-24-8-6-7-9-32(24)35-26(3)33-23-40-38(41-30-10-11-34(25(2)16-30)44-14-12-31(13-15-44)43(4)5)42-36(33)45(37(35)46)39-20-27-17-28(21-39)19-29(18-27)22-39/h6-11,16,23,27-29,31H,12-15,17-22H2,1-5H3,(H,40,41,42). The summed E-state index contributed by atoms with van der Waals surface area (Å²) >= 11 is 0. The summed E-state index contributed by atoms with van der Waals surface area (Å²) in [7, 11) is 4.38. The van der Waals surface area contributed by atoms with E-state index in [-0.39, 0.29) is 11.1 Å². The molecule has 0 amide bonds. The van der Waals surface area contributed by atoms with E-state index in [0.29, 0.717) is 29.7 Å². The van der Waals surface area contributed by atoms with Crippen molar-refractivity contribution in [3.8, 4) is 11.1 Å². The molecule has 0 radical (unpaired) electrons. The van der Waals surface area contributed by atoms with Gasteiger partial charge in [0.15, 0.2) is 0 Å². The summed E-state index contributed by atoms with van der Waals surface area (Å²) in [6.45, 7) is 8.54. The minimum atomic E-state index is -0.168. The van der Waals surface area contributed by atoms with Crippen LogP contribution in [0, 0.1) is 38.5 Å². The molecule has 1 N–H and O–H groups in total. The summed E-state index contributed by atoms with van der Waals surface area (Å²) in [6.07, 6.45) is 11.6. The monoisotopic (exact) mass is 616 g/mol. The van der Waals surface area contributed by atoms with Crippen molar-refractivity contribution >= 4 is 28.4 Å². The van der Waals surface area contributed by atoms with Crippen molar-refractivity contribution < 1.29 is 0 Å². The van der Waals surface area contributed by atoms with E-state index in [0.717, 1.165) is 71.3 Å². The van der Waals surface area contributed by atoms with Crippen LogP contribution in [0.5, 0.6) is 0 Å². The van der Waals surface area contributed by atoms with E-state index in [1.165, 1.54) is 43.4 Å². The Morgan fingerprint density at radius 3 is 2.20 bits per heavy atom. The number of aromatic nitrogens is 3. The fourth-order valence-electron chi connectivity index (χ4n) is 10.2. The van der Waals surface area contributed by atoms with Crippen molar-refractivity contribution in [2.75, 3.05) is 37.4 Å². The van der Waals surface area contributed by atoms with Gasteiger partial charge in [0, 0.05) is 42.1 Å². The lowest BCUT2D eigenvalue weighted by molar-refractivity contribution is -0.0426. The van der Waals surface area contributed by atoms with Crippen LogP contribution in [0.1, 0.15) is 68.1 Å². The highest BCUT2D eigenvalue weighted by molar-refractivity contribution is 5.87. The number of pyridine rings is 1. The molecule has 4 saturated carbocycles. The summed E-state index contributed by atoms with van der Waals surface area (Å²) in [6, 6.07) is 15.6. The summed E-state index contributed by atoms with van der Waals surface area (Å²) < 4.78 is 2.17. The van der Waals surface area contributed by atoms with E-state index in [1.54, 1.807) is 0 Å². The molecule has 2 aromatic carbocycles. The molecule has 240 valence electrons. The van der Waals surface area contributed by atoms with Crippen molar-refractivity contribution in [2.24, 2.45) is 17.8 Å². The number of anilines is 3. The van der Waals surface area contributed by atoms with Gasteiger partial charge in [0.05, 0.1) is 11.1 Å². The Hall–Kier alpha value is -3.71. The van der Waals surface area contributed by atoms with Gasteiger partial charge < -0.3 is 15.1 Å². The second-order valence-corrected chi connectivity index (χ2v) is 15.3. The quantitative estimate of drug-likeness (QED) is 0.241. The third kappa shape index (κ3) is 4.93. The van der Waals surface area contributed by atoms with Gasteiger partial charge in [-0.05, 0) is 144 Å². The maximum atomic E-state index is 14.9. The Morgan fingerprint density at radius 1 is 0.891 bits per heavy atom. The van der Waals surface area contributed by atoms with Crippen molar-refractivity contribution in [3.05, 3.63) is 75.7 Å². The molecule has 9 rings (SSSR count). The van der Waals surface area contributed by atoms with Crippen molar-refractivity contribution in [3.63, 3.8) is 0 Å². The van der Waals surface area contributed by atoms with E-state index < -0.39 is 0 Å². The second kappa shape index (κ2) is 11.2. The number of benzene rings is 2. The fourth-order valence-corrected chi connectivity index (χ4v) is 10.2. The molecule has 4 aromatic rings. The zero-order valence-corrected chi connectivity index (χ0v) is 28.1. The molecule has 3 heterocycles. The maximum Gasteiger partial charge on any atom is 0.260 e. The molecule has 0 atom stereocenters. The van der Waals surface area contributed by atoms with Gasteiger partial charge in [0.2, 0.25) is 5.95 Å². The smallest absolute Gasteiger partial charge is 0.260 e. The number of nitrogens with zero attached hydrogens (tertiary/aromatic N) is 5. The summed E-state index contributed by atoms with van der Waals surface area (Å²) in [4.78, 5) is 29.8. The molecule has 0 spiro atoms. The minimum absolute atomic E-state index is 0.115. The van der Waals surface area contributed by atoms with Crippen LogP contribution < -0.4 is 15.8 Å². The molecule has 46 heavy (non-hydrogen) atoms. The summed E-state index contributed by atoms with van der Waals surface area (Å²) in [5.41, 5.74) is 8.19. The molecule has 5 fully saturated rings. The normalized spacial score (nSPS) is 26.0. The molecule has 1 aliphatic heterocycles. The molecular formula is C39H48N6O. The van der Waals surface area contributed by atoms with Crippen LogP contribution >= 0.6 is 0 Å². The SMILES string of the molecule is Cc1ccccc1-c1c(C)c2cnc(Nc3ccc(N4CCC(N(C)C)CC4)c(C)c3)nc2n(C23CC4CC(CC(C4)C2)C3)c1=O. The van der Waals surface area contributed by atoms with E-state index in [1.807, 2.05) is 12.3 Å². The largest absolute Gasteiger partial charge is 0.371 e. The van der Waals surface area contributed by atoms with Crippen LogP contribution in [0.25, 0.3) is 22.2 Å². The predicted octanol–water partition coefficient (Wildman–Crippen LogP) is 7.58. The maximum absolute atomic E-state index is 14.9. The third-order valence-electron chi connectivity index (χ3n) is 12.1.